The summed E-state index contributed by atoms with van der Waals surface area (Å²) in [6, 6.07) is 8.90. The number of amides is 1. The van der Waals surface area contributed by atoms with Crippen LogP contribution >= 0.6 is 34.5 Å². The Bertz CT molecular complexity index is 785. The second kappa shape index (κ2) is 8.21. The molecule has 1 N–H and O–H groups in total. The molecule has 0 spiro atoms. The number of halogens is 2. The van der Waals surface area contributed by atoms with E-state index in [9.17, 15) is 9.59 Å². The van der Waals surface area contributed by atoms with Gasteiger partial charge in [-0.25, -0.2) is 0 Å². The normalized spacial score (nSPS) is 13.9. The van der Waals surface area contributed by atoms with E-state index >= 15 is 0 Å². The number of hydrogen-bond acceptors (Lipinski definition) is 4. The van der Waals surface area contributed by atoms with Crippen molar-refractivity contribution in [3.05, 3.63) is 44.6 Å². The summed E-state index contributed by atoms with van der Waals surface area (Å²) < 4.78 is 0.571. The number of carbonyl (C=O) groups is 2. The summed E-state index contributed by atoms with van der Waals surface area (Å²) in [5.41, 5.74) is 1.68. The van der Waals surface area contributed by atoms with Gasteiger partial charge >= 0.3 is 0 Å². The molecule has 132 valence electrons. The van der Waals surface area contributed by atoms with Crippen LogP contribution in [0.3, 0.4) is 0 Å². The van der Waals surface area contributed by atoms with E-state index in [-0.39, 0.29) is 24.5 Å². The molecule has 1 aromatic carbocycles. The smallest absolute Gasteiger partial charge is 0.224 e. The number of benzene rings is 1. The first kappa shape index (κ1) is 18.2. The predicted molar refractivity (Wildman–Crippen MR) is 104 cm³/mol. The Morgan fingerprint density at radius 1 is 1.08 bits per heavy atom. The van der Waals surface area contributed by atoms with Gasteiger partial charge in [0.1, 0.15) is 0 Å². The largest absolute Gasteiger partial charge is 0.370 e. The van der Waals surface area contributed by atoms with E-state index in [2.05, 4.69) is 10.2 Å². The molecular weight excluding hydrogens is 379 g/mol. The highest BCUT2D eigenvalue weighted by Gasteiger charge is 2.18. The Labute approximate surface area is 160 Å². The van der Waals surface area contributed by atoms with Gasteiger partial charge < -0.3 is 10.2 Å². The quantitative estimate of drug-likeness (QED) is 0.677. The summed E-state index contributed by atoms with van der Waals surface area (Å²) in [5, 5.41) is 3.47. The first-order valence-electron chi connectivity index (χ1n) is 8.16. The van der Waals surface area contributed by atoms with Crippen molar-refractivity contribution in [3.8, 4) is 0 Å². The molecule has 2 heterocycles. The molecule has 1 fully saturated rings. The lowest BCUT2D eigenvalue weighted by Gasteiger charge is -2.21. The van der Waals surface area contributed by atoms with Crippen LogP contribution in [0.2, 0.25) is 9.36 Å². The summed E-state index contributed by atoms with van der Waals surface area (Å²) >= 11 is 13.2. The van der Waals surface area contributed by atoms with Crippen molar-refractivity contribution in [3.63, 3.8) is 0 Å². The van der Waals surface area contributed by atoms with Crippen molar-refractivity contribution < 1.29 is 9.59 Å². The van der Waals surface area contributed by atoms with Gasteiger partial charge in [0.15, 0.2) is 5.78 Å². The molecule has 0 saturated carbocycles. The molecule has 0 radical (unpaired) electrons. The van der Waals surface area contributed by atoms with E-state index in [1.807, 2.05) is 12.1 Å². The van der Waals surface area contributed by atoms with Gasteiger partial charge in [0, 0.05) is 31.0 Å². The highest BCUT2D eigenvalue weighted by molar-refractivity contribution is 7.18. The standard InChI is InChI=1S/C18H18Cl2N2O2S/c19-12-3-4-14(22-9-1-2-10-22)13(11-12)21-18(24)8-5-15(23)16-6-7-17(20)25-16/h3-4,6-7,11H,1-2,5,8-10H2,(H,21,24). The fourth-order valence-corrected chi connectivity index (χ4v) is 4.05. The van der Waals surface area contributed by atoms with Crippen LogP contribution < -0.4 is 10.2 Å². The number of nitrogens with one attached hydrogen (secondary N) is 1. The third-order valence-corrected chi connectivity index (χ3v) is 5.61. The first-order valence-corrected chi connectivity index (χ1v) is 9.73. The second-order valence-corrected chi connectivity index (χ2v) is 8.08. The van der Waals surface area contributed by atoms with Crippen molar-refractivity contribution in [2.24, 2.45) is 0 Å². The lowest BCUT2D eigenvalue weighted by molar-refractivity contribution is -0.116. The van der Waals surface area contributed by atoms with Crippen LogP contribution in [0.25, 0.3) is 0 Å². The van der Waals surface area contributed by atoms with Crippen LogP contribution in [0.15, 0.2) is 30.3 Å². The summed E-state index contributed by atoms with van der Waals surface area (Å²) in [7, 11) is 0. The average Bonchev–Trinajstić information content (AvgIpc) is 3.24. The molecule has 4 nitrogen and oxygen atoms in total. The number of Topliss-reactive ketones (excluding diaryl/α,β-unsaturated/α-hetero) is 1. The molecule has 7 heteroatoms. The van der Waals surface area contributed by atoms with Gasteiger partial charge in [0.2, 0.25) is 5.91 Å². The Morgan fingerprint density at radius 2 is 1.84 bits per heavy atom. The topological polar surface area (TPSA) is 49.4 Å². The number of hydrogen-bond donors (Lipinski definition) is 1. The van der Waals surface area contributed by atoms with E-state index in [1.54, 1.807) is 18.2 Å². The number of nitrogens with zero attached hydrogens (tertiary/aromatic N) is 1. The third kappa shape index (κ3) is 4.75. The maximum absolute atomic E-state index is 12.3. The van der Waals surface area contributed by atoms with Crippen molar-refractivity contribution in [2.75, 3.05) is 23.3 Å². The molecule has 1 aliphatic heterocycles. The third-order valence-electron chi connectivity index (χ3n) is 4.11. The Kier molecular flexibility index (Phi) is 5.99. The van der Waals surface area contributed by atoms with Gasteiger partial charge in [-0.15, -0.1) is 11.3 Å². The second-order valence-electron chi connectivity index (χ2n) is 5.93. The molecule has 0 atom stereocenters. The van der Waals surface area contributed by atoms with Crippen LogP contribution in [-0.2, 0) is 4.79 Å². The van der Waals surface area contributed by atoms with Crippen LogP contribution in [0.1, 0.15) is 35.4 Å². The lowest BCUT2D eigenvalue weighted by Crippen LogP contribution is -2.21. The van der Waals surface area contributed by atoms with E-state index in [0.29, 0.717) is 19.9 Å². The van der Waals surface area contributed by atoms with Crippen LogP contribution in [0.5, 0.6) is 0 Å². The van der Waals surface area contributed by atoms with E-state index in [4.69, 9.17) is 23.2 Å². The molecule has 1 aliphatic rings. The summed E-state index contributed by atoms with van der Waals surface area (Å²) in [4.78, 5) is 27.2. The zero-order valence-electron chi connectivity index (χ0n) is 13.6. The van der Waals surface area contributed by atoms with E-state index in [0.717, 1.165) is 31.6 Å². The minimum atomic E-state index is -0.196. The maximum Gasteiger partial charge on any atom is 0.224 e. The molecular formula is C18H18Cl2N2O2S. The number of anilines is 2. The van der Waals surface area contributed by atoms with Gasteiger partial charge in [-0.1, -0.05) is 23.2 Å². The Balaban J connectivity index is 1.62. The van der Waals surface area contributed by atoms with Crippen LogP contribution in [-0.4, -0.2) is 24.8 Å². The van der Waals surface area contributed by atoms with E-state index in [1.165, 1.54) is 11.3 Å². The molecule has 0 bridgehead atoms. The van der Waals surface area contributed by atoms with Crippen molar-refractivity contribution >= 4 is 57.6 Å². The summed E-state index contributed by atoms with van der Waals surface area (Å²) in [5.74, 6) is -0.267. The van der Waals surface area contributed by atoms with Gasteiger partial charge in [-0.3, -0.25) is 9.59 Å². The van der Waals surface area contributed by atoms with Crippen LogP contribution in [0.4, 0.5) is 11.4 Å². The maximum atomic E-state index is 12.3. The highest BCUT2D eigenvalue weighted by atomic mass is 35.5. The predicted octanol–water partition coefficient (Wildman–Crippen LogP) is 5.26. The monoisotopic (exact) mass is 396 g/mol. The molecule has 25 heavy (non-hydrogen) atoms. The molecule has 0 aliphatic carbocycles. The van der Waals surface area contributed by atoms with Gasteiger partial charge in [-0.2, -0.15) is 0 Å². The zero-order valence-corrected chi connectivity index (χ0v) is 15.9. The molecule has 1 saturated heterocycles. The minimum absolute atomic E-state index is 0.0714. The van der Waals surface area contributed by atoms with Crippen molar-refractivity contribution in [1.82, 2.24) is 0 Å². The number of rotatable bonds is 6. The minimum Gasteiger partial charge on any atom is -0.370 e. The van der Waals surface area contributed by atoms with Crippen molar-refractivity contribution in [2.45, 2.75) is 25.7 Å². The summed E-state index contributed by atoms with van der Waals surface area (Å²) in [6.45, 7) is 1.95. The fourth-order valence-electron chi connectivity index (χ4n) is 2.87. The molecule has 0 unspecified atom stereocenters. The zero-order chi connectivity index (χ0) is 17.8. The molecule has 3 rings (SSSR count). The van der Waals surface area contributed by atoms with Gasteiger partial charge in [-0.05, 0) is 43.2 Å². The van der Waals surface area contributed by atoms with Crippen molar-refractivity contribution in [1.29, 1.82) is 0 Å². The SMILES string of the molecule is O=C(CCC(=O)c1ccc(Cl)s1)Nc1cc(Cl)ccc1N1CCCC1. The Hall–Kier alpha value is -1.56. The number of carbonyl (C=O) groups excluding carboxylic acids is 2. The highest BCUT2D eigenvalue weighted by Crippen LogP contribution is 2.31. The number of thiophene rings is 1. The Morgan fingerprint density at radius 3 is 2.52 bits per heavy atom. The molecule has 1 amide bonds. The summed E-state index contributed by atoms with van der Waals surface area (Å²) in [6.07, 6.45) is 2.57. The van der Waals surface area contributed by atoms with Crippen LogP contribution in [0, 0.1) is 0 Å². The average molecular weight is 397 g/mol. The van der Waals surface area contributed by atoms with Gasteiger partial charge in [0.05, 0.1) is 20.6 Å². The first-order chi connectivity index (χ1) is 12.0. The number of ketones is 1. The van der Waals surface area contributed by atoms with E-state index < -0.39 is 0 Å². The lowest BCUT2D eigenvalue weighted by atomic mass is 10.1. The van der Waals surface area contributed by atoms with Gasteiger partial charge in [0.25, 0.3) is 0 Å². The molecule has 1 aromatic heterocycles. The molecule has 2 aromatic rings. The fraction of sp³-hybridized carbons (Fsp3) is 0.333.